The van der Waals surface area contributed by atoms with E-state index in [2.05, 4.69) is 4.98 Å². The molecule has 0 aliphatic heterocycles. The van der Waals surface area contributed by atoms with Crippen LogP contribution in [-0.4, -0.2) is 10.1 Å². The van der Waals surface area contributed by atoms with Gasteiger partial charge in [-0.15, -0.1) is 12.4 Å². The summed E-state index contributed by atoms with van der Waals surface area (Å²) in [5.74, 6) is 0. The molecular formula is C12H10Cl3NO. The molecule has 5 heteroatoms. The number of hydrogen-bond acceptors (Lipinski definition) is 2. The topological polar surface area (TPSA) is 33.1 Å². The Bertz CT molecular complexity index is 470. The van der Waals surface area contributed by atoms with Crippen LogP contribution in [0.4, 0.5) is 0 Å². The number of benzene rings is 1. The number of hydrogen-bond donors (Lipinski definition) is 1. The van der Waals surface area contributed by atoms with Crippen LogP contribution in [0.2, 0.25) is 10.0 Å². The van der Waals surface area contributed by atoms with Gasteiger partial charge < -0.3 is 5.11 Å². The average molecular weight is 291 g/mol. The number of halogens is 3. The van der Waals surface area contributed by atoms with Crippen molar-refractivity contribution in [1.29, 1.82) is 0 Å². The maximum absolute atomic E-state index is 10.1. The molecule has 0 amide bonds. The third-order valence-electron chi connectivity index (χ3n) is 2.24. The molecule has 0 spiro atoms. The summed E-state index contributed by atoms with van der Waals surface area (Å²) in [5.41, 5.74) is 1.02. The summed E-state index contributed by atoms with van der Waals surface area (Å²) < 4.78 is 0. The maximum atomic E-state index is 10.1. The molecule has 2 aromatic rings. The second-order valence-corrected chi connectivity index (χ2v) is 4.11. The largest absolute Gasteiger partial charge is 0.382 e. The van der Waals surface area contributed by atoms with Gasteiger partial charge in [-0.3, -0.25) is 4.98 Å². The lowest BCUT2D eigenvalue weighted by Crippen LogP contribution is -2.03. The molecule has 17 heavy (non-hydrogen) atoms. The Hall–Kier alpha value is -0.800. The molecule has 2 rings (SSSR count). The van der Waals surface area contributed by atoms with Crippen molar-refractivity contribution in [3.8, 4) is 0 Å². The van der Waals surface area contributed by atoms with Crippen molar-refractivity contribution in [2.24, 2.45) is 0 Å². The van der Waals surface area contributed by atoms with Crippen molar-refractivity contribution in [2.75, 3.05) is 0 Å². The van der Waals surface area contributed by atoms with Crippen LogP contribution in [0.5, 0.6) is 0 Å². The molecular weight excluding hydrogens is 280 g/mol. The van der Waals surface area contributed by atoms with E-state index in [-0.39, 0.29) is 12.4 Å². The van der Waals surface area contributed by atoms with Gasteiger partial charge in [0.05, 0.1) is 5.69 Å². The van der Waals surface area contributed by atoms with Crippen LogP contribution < -0.4 is 0 Å². The zero-order valence-corrected chi connectivity index (χ0v) is 11.0. The van der Waals surface area contributed by atoms with Crippen molar-refractivity contribution in [3.63, 3.8) is 0 Å². The van der Waals surface area contributed by atoms with Crippen LogP contribution in [0, 0.1) is 0 Å². The molecule has 90 valence electrons. The first kappa shape index (κ1) is 14.3. The van der Waals surface area contributed by atoms with Crippen LogP contribution >= 0.6 is 35.6 Å². The Morgan fingerprint density at radius 2 is 1.65 bits per heavy atom. The molecule has 0 aliphatic carbocycles. The van der Waals surface area contributed by atoms with E-state index in [1.165, 1.54) is 0 Å². The molecule has 1 atom stereocenters. The molecule has 1 heterocycles. The van der Waals surface area contributed by atoms with Gasteiger partial charge in [-0.1, -0.05) is 35.3 Å². The van der Waals surface area contributed by atoms with E-state index in [0.717, 1.165) is 0 Å². The number of rotatable bonds is 2. The lowest BCUT2D eigenvalue weighted by atomic mass is 10.1. The van der Waals surface area contributed by atoms with Crippen molar-refractivity contribution in [1.82, 2.24) is 4.98 Å². The molecule has 0 aliphatic rings. The zero-order valence-electron chi connectivity index (χ0n) is 8.68. The Labute approximate surface area is 116 Å². The van der Waals surface area contributed by atoms with Crippen LogP contribution in [-0.2, 0) is 0 Å². The highest BCUT2D eigenvalue weighted by Gasteiger charge is 2.17. The van der Waals surface area contributed by atoms with Crippen molar-refractivity contribution in [2.45, 2.75) is 6.10 Å². The second-order valence-electron chi connectivity index (χ2n) is 3.29. The molecule has 0 saturated heterocycles. The lowest BCUT2D eigenvalue weighted by Gasteiger charge is -2.13. The minimum absolute atomic E-state index is 0. The van der Waals surface area contributed by atoms with Gasteiger partial charge >= 0.3 is 0 Å². The summed E-state index contributed by atoms with van der Waals surface area (Å²) in [5, 5.41) is 11.0. The van der Waals surface area contributed by atoms with Crippen LogP contribution in [0.15, 0.2) is 42.6 Å². The van der Waals surface area contributed by atoms with Gasteiger partial charge in [0.15, 0.2) is 0 Å². The first-order valence-electron chi connectivity index (χ1n) is 4.73. The van der Waals surface area contributed by atoms with Crippen molar-refractivity contribution >= 4 is 35.6 Å². The fourth-order valence-corrected chi connectivity index (χ4v) is 2.06. The smallest absolute Gasteiger partial charge is 0.124 e. The van der Waals surface area contributed by atoms with Crippen LogP contribution in [0.1, 0.15) is 17.4 Å². The fraction of sp³-hybridized carbons (Fsp3) is 0.0833. The number of aliphatic hydroxyl groups excluding tert-OH is 1. The van der Waals surface area contributed by atoms with Crippen molar-refractivity contribution in [3.05, 3.63) is 63.9 Å². The van der Waals surface area contributed by atoms with E-state index in [4.69, 9.17) is 23.2 Å². The van der Waals surface area contributed by atoms with E-state index in [1.807, 2.05) is 0 Å². The van der Waals surface area contributed by atoms with E-state index >= 15 is 0 Å². The molecule has 0 saturated carbocycles. The quantitative estimate of drug-likeness (QED) is 0.910. The highest BCUT2D eigenvalue weighted by atomic mass is 35.5. The number of aromatic nitrogens is 1. The zero-order chi connectivity index (χ0) is 11.5. The highest BCUT2D eigenvalue weighted by molar-refractivity contribution is 6.36. The van der Waals surface area contributed by atoms with Gasteiger partial charge in [0, 0.05) is 21.8 Å². The Balaban J connectivity index is 0.00000144. The number of nitrogens with zero attached hydrogens (tertiary/aromatic N) is 1. The molecule has 1 aromatic carbocycles. The van der Waals surface area contributed by atoms with Gasteiger partial charge in [-0.2, -0.15) is 0 Å². The number of pyridine rings is 1. The predicted molar refractivity (Wildman–Crippen MR) is 72.0 cm³/mol. The summed E-state index contributed by atoms with van der Waals surface area (Å²) in [4.78, 5) is 4.07. The monoisotopic (exact) mass is 289 g/mol. The third kappa shape index (κ3) is 3.11. The highest BCUT2D eigenvalue weighted by Crippen LogP contribution is 2.32. The van der Waals surface area contributed by atoms with E-state index in [9.17, 15) is 5.11 Å². The van der Waals surface area contributed by atoms with Gasteiger partial charge in [0.1, 0.15) is 6.10 Å². The molecule has 0 bridgehead atoms. The molecule has 1 unspecified atom stereocenters. The van der Waals surface area contributed by atoms with E-state index < -0.39 is 6.10 Å². The molecule has 0 radical (unpaired) electrons. The standard InChI is InChI=1S/C12H9Cl2NO.ClH/c13-8-4-3-5-9(14)11(8)12(16)10-6-1-2-7-15-10;/h1-7,12,16H;1H. The van der Waals surface area contributed by atoms with Crippen molar-refractivity contribution < 1.29 is 5.11 Å². The van der Waals surface area contributed by atoms with Crippen LogP contribution in [0.25, 0.3) is 0 Å². The summed E-state index contributed by atoms with van der Waals surface area (Å²) in [6.07, 6.45) is 0.714. The van der Waals surface area contributed by atoms with Gasteiger partial charge in [-0.25, -0.2) is 0 Å². The summed E-state index contributed by atoms with van der Waals surface area (Å²) in [6.45, 7) is 0. The summed E-state index contributed by atoms with van der Waals surface area (Å²) in [7, 11) is 0. The van der Waals surface area contributed by atoms with Gasteiger partial charge in [-0.05, 0) is 24.3 Å². The van der Waals surface area contributed by atoms with Crippen LogP contribution in [0.3, 0.4) is 0 Å². The average Bonchev–Trinajstić information content (AvgIpc) is 2.30. The lowest BCUT2D eigenvalue weighted by molar-refractivity contribution is 0.215. The second kappa shape index (κ2) is 6.22. The Morgan fingerprint density at radius 3 is 2.18 bits per heavy atom. The SMILES string of the molecule is Cl.OC(c1ccccn1)c1c(Cl)cccc1Cl. The van der Waals surface area contributed by atoms with Gasteiger partial charge in [0.2, 0.25) is 0 Å². The van der Waals surface area contributed by atoms with Gasteiger partial charge in [0.25, 0.3) is 0 Å². The molecule has 1 aromatic heterocycles. The first-order valence-corrected chi connectivity index (χ1v) is 5.48. The minimum Gasteiger partial charge on any atom is -0.382 e. The summed E-state index contributed by atoms with van der Waals surface area (Å²) >= 11 is 12.0. The first-order chi connectivity index (χ1) is 7.70. The third-order valence-corrected chi connectivity index (χ3v) is 2.90. The minimum atomic E-state index is -0.901. The van der Waals surface area contributed by atoms with E-state index in [1.54, 1.807) is 42.6 Å². The predicted octanol–water partition coefficient (Wildman–Crippen LogP) is 3.89. The molecule has 0 fully saturated rings. The Morgan fingerprint density at radius 1 is 1.00 bits per heavy atom. The number of aliphatic hydroxyl groups is 1. The molecule has 1 N–H and O–H groups in total. The molecule has 2 nitrogen and oxygen atoms in total. The Kier molecular flexibility index (Phi) is 5.22. The summed E-state index contributed by atoms with van der Waals surface area (Å²) in [6, 6.07) is 10.4. The normalized spacial score (nSPS) is 11.7. The maximum Gasteiger partial charge on any atom is 0.124 e. The fourth-order valence-electron chi connectivity index (χ4n) is 1.46. The van der Waals surface area contributed by atoms with E-state index in [0.29, 0.717) is 21.3 Å².